The van der Waals surface area contributed by atoms with Gasteiger partial charge in [-0.3, -0.25) is 4.79 Å². The molecule has 2 nitrogen and oxygen atoms in total. The van der Waals surface area contributed by atoms with Gasteiger partial charge in [0.25, 0.3) is 0 Å². The average Bonchev–Trinajstić information content (AvgIpc) is 2.75. The molecule has 0 aliphatic heterocycles. The molecule has 1 aromatic heterocycles. The Labute approximate surface area is 105 Å². The van der Waals surface area contributed by atoms with Crippen molar-refractivity contribution in [3.8, 4) is 5.75 Å². The number of benzene rings is 1. The smallest absolute Gasteiger partial charge is 0.206 e. The predicted molar refractivity (Wildman–Crippen MR) is 70.2 cm³/mol. The molecule has 2 rings (SSSR count). The molecule has 0 fully saturated rings. The Morgan fingerprint density at radius 2 is 1.94 bits per heavy atom. The molecule has 0 aliphatic rings. The van der Waals surface area contributed by atoms with Crippen LogP contribution < -0.4 is 4.74 Å². The molecule has 0 amide bonds. The molecule has 0 unspecified atom stereocenters. The normalized spacial score (nSPS) is 10.3. The highest BCUT2D eigenvalue weighted by molar-refractivity contribution is 7.14. The summed E-state index contributed by atoms with van der Waals surface area (Å²) in [7, 11) is 1.59. The van der Waals surface area contributed by atoms with Crippen LogP contribution in [-0.4, -0.2) is 12.9 Å². The first-order chi connectivity index (χ1) is 8.11. The topological polar surface area (TPSA) is 26.3 Å². The van der Waals surface area contributed by atoms with Gasteiger partial charge in [0.2, 0.25) is 5.78 Å². The van der Waals surface area contributed by atoms with Crippen LogP contribution >= 0.6 is 11.3 Å². The summed E-state index contributed by atoms with van der Waals surface area (Å²) in [6, 6.07) is 9.45. The van der Waals surface area contributed by atoms with Crippen molar-refractivity contribution in [2.75, 3.05) is 7.11 Å². The van der Waals surface area contributed by atoms with Crippen LogP contribution in [-0.2, 0) is 0 Å². The Bertz CT molecular complexity index is 555. The van der Waals surface area contributed by atoms with Gasteiger partial charge < -0.3 is 4.74 Å². The number of thiophene rings is 1. The summed E-state index contributed by atoms with van der Waals surface area (Å²) in [5.41, 5.74) is 1.71. The zero-order valence-electron chi connectivity index (χ0n) is 10.1. The fourth-order valence-electron chi connectivity index (χ4n) is 1.68. The third-order valence-corrected chi connectivity index (χ3v) is 3.57. The number of hydrogen-bond donors (Lipinski definition) is 0. The number of methoxy groups -OCH3 is 1. The summed E-state index contributed by atoms with van der Waals surface area (Å²) < 4.78 is 5.26. The Hall–Kier alpha value is -1.61. The maximum absolute atomic E-state index is 12.3. The Kier molecular flexibility index (Phi) is 3.29. The molecular formula is C14H14O2S. The lowest BCUT2D eigenvalue weighted by molar-refractivity contribution is 0.103. The monoisotopic (exact) mass is 246 g/mol. The van der Waals surface area contributed by atoms with Gasteiger partial charge in [-0.2, -0.15) is 0 Å². The maximum atomic E-state index is 12.3. The number of carbonyl (C=O) groups is 1. The largest absolute Gasteiger partial charge is 0.496 e. The number of rotatable bonds is 3. The van der Waals surface area contributed by atoms with E-state index in [1.54, 1.807) is 7.11 Å². The van der Waals surface area contributed by atoms with Gasteiger partial charge in [0.15, 0.2) is 0 Å². The van der Waals surface area contributed by atoms with Crippen LogP contribution in [0.15, 0.2) is 30.3 Å². The lowest BCUT2D eigenvalue weighted by Crippen LogP contribution is -2.02. The number of hydrogen-bond acceptors (Lipinski definition) is 3. The van der Waals surface area contributed by atoms with E-state index in [2.05, 4.69) is 0 Å². The molecule has 0 N–H and O–H groups in total. The first-order valence-electron chi connectivity index (χ1n) is 5.37. The second-order valence-corrected chi connectivity index (χ2v) is 5.23. The zero-order valence-corrected chi connectivity index (χ0v) is 10.9. The third-order valence-electron chi connectivity index (χ3n) is 2.57. The summed E-state index contributed by atoms with van der Waals surface area (Å²) >= 11 is 1.51. The standard InChI is InChI=1S/C14H14O2S/c1-9-4-6-11(12(8-9)16-3)14(15)13-7-5-10(2)17-13/h4-8H,1-3H3. The molecule has 0 saturated heterocycles. The molecule has 0 radical (unpaired) electrons. The second kappa shape index (κ2) is 4.72. The van der Waals surface area contributed by atoms with E-state index in [1.807, 2.05) is 44.2 Å². The number of carbonyl (C=O) groups excluding carboxylic acids is 1. The Morgan fingerprint density at radius 1 is 1.18 bits per heavy atom. The highest BCUT2D eigenvalue weighted by Crippen LogP contribution is 2.26. The minimum absolute atomic E-state index is 0.0277. The molecule has 0 aliphatic carbocycles. The maximum Gasteiger partial charge on any atom is 0.206 e. The van der Waals surface area contributed by atoms with Crippen molar-refractivity contribution in [1.82, 2.24) is 0 Å². The first kappa shape index (κ1) is 11.9. The van der Waals surface area contributed by atoms with E-state index in [1.165, 1.54) is 11.3 Å². The molecular weight excluding hydrogens is 232 g/mol. The number of aryl methyl sites for hydroxylation is 2. The van der Waals surface area contributed by atoms with Gasteiger partial charge in [-0.1, -0.05) is 6.07 Å². The van der Waals surface area contributed by atoms with Gasteiger partial charge in [-0.15, -0.1) is 11.3 Å². The molecule has 0 bridgehead atoms. The quantitative estimate of drug-likeness (QED) is 0.773. The lowest BCUT2D eigenvalue weighted by atomic mass is 10.1. The lowest BCUT2D eigenvalue weighted by Gasteiger charge is -2.07. The van der Waals surface area contributed by atoms with E-state index in [0.717, 1.165) is 15.3 Å². The fraction of sp³-hybridized carbons (Fsp3) is 0.214. The molecule has 0 atom stereocenters. The van der Waals surface area contributed by atoms with Gasteiger partial charge in [0.1, 0.15) is 5.75 Å². The zero-order chi connectivity index (χ0) is 12.4. The van der Waals surface area contributed by atoms with Crippen LogP contribution in [0.25, 0.3) is 0 Å². The molecule has 1 aromatic carbocycles. The van der Waals surface area contributed by atoms with E-state index in [-0.39, 0.29) is 5.78 Å². The minimum Gasteiger partial charge on any atom is -0.496 e. The minimum atomic E-state index is 0.0277. The van der Waals surface area contributed by atoms with Gasteiger partial charge in [0.05, 0.1) is 17.6 Å². The second-order valence-electron chi connectivity index (χ2n) is 3.94. The number of ether oxygens (including phenoxy) is 1. The van der Waals surface area contributed by atoms with Crippen LogP contribution in [0.2, 0.25) is 0 Å². The van der Waals surface area contributed by atoms with Crippen molar-refractivity contribution in [1.29, 1.82) is 0 Å². The molecule has 0 saturated carbocycles. The van der Waals surface area contributed by atoms with Gasteiger partial charge in [-0.05, 0) is 43.7 Å². The number of ketones is 1. The summed E-state index contributed by atoms with van der Waals surface area (Å²) in [5.74, 6) is 0.668. The first-order valence-corrected chi connectivity index (χ1v) is 6.19. The van der Waals surface area contributed by atoms with Gasteiger partial charge in [0, 0.05) is 4.88 Å². The molecule has 17 heavy (non-hydrogen) atoms. The van der Waals surface area contributed by atoms with E-state index in [0.29, 0.717) is 11.3 Å². The van der Waals surface area contributed by atoms with Crippen molar-refractivity contribution in [2.24, 2.45) is 0 Å². The highest BCUT2D eigenvalue weighted by Gasteiger charge is 2.15. The summed E-state index contributed by atoms with van der Waals surface area (Å²) in [6.07, 6.45) is 0. The van der Waals surface area contributed by atoms with Crippen LogP contribution in [0, 0.1) is 13.8 Å². The molecule has 2 aromatic rings. The predicted octanol–water partition coefficient (Wildman–Crippen LogP) is 3.60. The van der Waals surface area contributed by atoms with Gasteiger partial charge in [-0.25, -0.2) is 0 Å². The molecule has 88 valence electrons. The van der Waals surface area contributed by atoms with E-state index in [9.17, 15) is 4.79 Å². The van der Waals surface area contributed by atoms with E-state index >= 15 is 0 Å². The average molecular weight is 246 g/mol. The fourth-order valence-corrected chi connectivity index (χ4v) is 2.50. The van der Waals surface area contributed by atoms with Crippen LogP contribution in [0.3, 0.4) is 0 Å². The highest BCUT2D eigenvalue weighted by atomic mass is 32.1. The van der Waals surface area contributed by atoms with Crippen LogP contribution in [0.5, 0.6) is 5.75 Å². The van der Waals surface area contributed by atoms with E-state index < -0.39 is 0 Å². The van der Waals surface area contributed by atoms with Crippen molar-refractivity contribution in [3.05, 3.63) is 51.2 Å². The summed E-state index contributed by atoms with van der Waals surface area (Å²) in [4.78, 5) is 14.2. The third kappa shape index (κ3) is 2.39. The van der Waals surface area contributed by atoms with Crippen LogP contribution in [0.1, 0.15) is 25.7 Å². The Morgan fingerprint density at radius 3 is 2.53 bits per heavy atom. The van der Waals surface area contributed by atoms with Crippen LogP contribution in [0.4, 0.5) is 0 Å². The summed E-state index contributed by atoms with van der Waals surface area (Å²) in [6.45, 7) is 3.97. The molecule has 1 heterocycles. The SMILES string of the molecule is COc1cc(C)ccc1C(=O)c1ccc(C)s1. The van der Waals surface area contributed by atoms with Crippen molar-refractivity contribution in [3.63, 3.8) is 0 Å². The van der Waals surface area contributed by atoms with Crippen molar-refractivity contribution in [2.45, 2.75) is 13.8 Å². The van der Waals surface area contributed by atoms with Gasteiger partial charge >= 0.3 is 0 Å². The molecule has 3 heteroatoms. The van der Waals surface area contributed by atoms with E-state index in [4.69, 9.17) is 4.74 Å². The Balaban J connectivity index is 2.43. The van der Waals surface area contributed by atoms with Crippen molar-refractivity contribution >= 4 is 17.1 Å². The van der Waals surface area contributed by atoms with Crippen molar-refractivity contribution < 1.29 is 9.53 Å². The summed E-state index contributed by atoms with van der Waals surface area (Å²) in [5, 5.41) is 0. The molecule has 0 spiro atoms.